The van der Waals surface area contributed by atoms with Gasteiger partial charge in [0.2, 0.25) is 0 Å². The molecule has 2 heterocycles. The molecule has 0 spiro atoms. The zero-order valence-electron chi connectivity index (χ0n) is 10.7. The highest BCUT2D eigenvalue weighted by Gasteiger charge is 2.24. The molecule has 3 rings (SSSR count). The molecular weight excluding hydrogens is 245 g/mol. The Labute approximate surface area is 111 Å². The molecule has 0 aliphatic carbocycles. The van der Waals surface area contributed by atoms with E-state index < -0.39 is 6.10 Å². The average Bonchev–Trinajstić information content (AvgIpc) is 2.95. The maximum absolute atomic E-state index is 13.1. The Bertz CT molecular complexity index is 592. The number of ether oxygens (including phenoxy) is 1. The smallest absolute Gasteiger partial charge is 0.123 e. The van der Waals surface area contributed by atoms with Gasteiger partial charge in [0, 0.05) is 23.9 Å². The van der Waals surface area contributed by atoms with Crippen LogP contribution >= 0.6 is 0 Å². The summed E-state index contributed by atoms with van der Waals surface area (Å²) in [6, 6.07) is 8.42. The summed E-state index contributed by atoms with van der Waals surface area (Å²) in [7, 11) is 0. The van der Waals surface area contributed by atoms with Gasteiger partial charge in [0.25, 0.3) is 0 Å². The zero-order chi connectivity index (χ0) is 13.4. The molecule has 3 nitrogen and oxygen atoms in total. The number of hydrogen-bond acceptors (Lipinski definition) is 2. The van der Waals surface area contributed by atoms with Crippen molar-refractivity contribution in [2.45, 2.75) is 32.1 Å². The van der Waals surface area contributed by atoms with Crippen LogP contribution in [0.1, 0.15) is 24.3 Å². The molecule has 0 saturated heterocycles. The normalized spacial score (nSPS) is 19.0. The number of aliphatic hydroxyl groups excluding tert-OH is 1. The molecule has 1 aliphatic rings. The first kappa shape index (κ1) is 12.2. The Morgan fingerprint density at radius 1 is 1.47 bits per heavy atom. The van der Waals surface area contributed by atoms with E-state index >= 15 is 0 Å². The first-order valence-electron chi connectivity index (χ1n) is 6.41. The fourth-order valence-electron chi connectivity index (χ4n) is 2.58. The maximum Gasteiger partial charge on any atom is 0.123 e. The molecule has 1 N–H and O–H groups in total. The van der Waals surface area contributed by atoms with Gasteiger partial charge >= 0.3 is 0 Å². The third-order valence-corrected chi connectivity index (χ3v) is 3.46. The Morgan fingerprint density at radius 2 is 2.32 bits per heavy atom. The van der Waals surface area contributed by atoms with Gasteiger partial charge in [-0.25, -0.2) is 4.39 Å². The molecule has 0 amide bonds. The molecular formula is C15H16FNO2. The lowest BCUT2D eigenvalue weighted by atomic mass is 10.1. The molecule has 0 radical (unpaired) electrons. The third kappa shape index (κ3) is 2.36. The van der Waals surface area contributed by atoms with Crippen molar-refractivity contribution in [2.24, 2.45) is 0 Å². The summed E-state index contributed by atoms with van der Waals surface area (Å²) in [4.78, 5) is 0. The minimum Gasteiger partial charge on any atom is -0.488 e. The van der Waals surface area contributed by atoms with Gasteiger partial charge in [-0.05, 0) is 37.3 Å². The lowest BCUT2D eigenvalue weighted by Crippen LogP contribution is -2.22. The van der Waals surface area contributed by atoms with Crippen molar-refractivity contribution in [1.29, 1.82) is 0 Å². The highest BCUT2D eigenvalue weighted by molar-refractivity contribution is 5.37. The standard InChI is InChI=1S/C15H16FNO2/c1-10(18)14-3-2-6-17(14)9-13-8-11-7-12(16)4-5-15(11)19-13/h2-7,10,13,18H,8-9H2,1H3. The van der Waals surface area contributed by atoms with Gasteiger partial charge in [0.15, 0.2) is 0 Å². The number of hydrogen-bond donors (Lipinski definition) is 1. The maximum atomic E-state index is 13.1. The molecule has 100 valence electrons. The van der Waals surface area contributed by atoms with Crippen molar-refractivity contribution >= 4 is 0 Å². The summed E-state index contributed by atoms with van der Waals surface area (Å²) in [6.45, 7) is 2.40. The summed E-state index contributed by atoms with van der Waals surface area (Å²) in [5.74, 6) is 0.533. The van der Waals surface area contributed by atoms with Gasteiger partial charge in [0.1, 0.15) is 17.7 Å². The Hall–Kier alpha value is -1.81. The van der Waals surface area contributed by atoms with Crippen LogP contribution in [-0.4, -0.2) is 15.8 Å². The Kier molecular flexibility index (Phi) is 3.03. The number of aliphatic hydroxyl groups is 1. The van der Waals surface area contributed by atoms with Gasteiger partial charge < -0.3 is 14.4 Å². The van der Waals surface area contributed by atoms with E-state index in [-0.39, 0.29) is 11.9 Å². The van der Waals surface area contributed by atoms with Crippen LogP contribution in [0.3, 0.4) is 0 Å². The Balaban J connectivity index is 1.75. The molecule has 1 aromatic heterocycles. The highest BCUT2D eigenvalue weighted by Crippen LogP contribution is 2.30. The highest BCUT2D eigenvalue weighted by atomic mass is 19.1. The second-order valence-electron chi connectivity index (χ2n) is 4.96. The minimum absolute atomic E-state index is 0.0123. The summed E-state index contributed by atoms with van der Waals surface area (Å²) in [5.41, 5.74) is 1.78. The van der Waals surface area contributed by atoms with E-state index in [2.05, 4.69) is 0 Å². The molecule has 2 aromatic rings. The van der Waals surface area contributed by atoms with Crippen LogP contribution < -0.4 is 4.74 Å². The predicted octanol–water partition coefficient (Wildman–Crippen LogP) is 2.68. The third-order valence-electron chi connectivity index (χ3n) is 3.46. The molecule has 0 saturated carbocycles. The average molecular weight is 261 g/mol. The number of nitrogens with zero attached hydrogens (tertiary/aromatic N) is 1. The summed E-state index contributed by atoms with van der Waals surface area (Å²) >= 11 is 0. The summed E-state index contributed by atoms with van der Waals surface area (Å²) < 4.78 is 20.9. The fourth-order valence-corrected chi connectivity index (χ4v) is 2.58. The monoisotopic (exact) mass is 261 g/mol. The molecule has 19 heavy (non-hydrogen) atoms. The van der Waals surface area contributed by atoms with Gasteiger partial charge in [-0.15, -0.1) is 0 Å². The minimum atomic E-state index is -0.503. The van der Waals surface area contributed by atoms with Crippen molar-refractivity contribution < 1.29 is 14.2 Å². The summed E-state index contributed by atoms with van der Waals surface area (Å²) in [6.07, 6.45) is 2.11. The van der Waals surface area contributed by atoms with E-state index in [9.17, 15) is 9.50 Å². The molecule has 1 aromatic carbocycles. The van der Waals surface area contributed by atoms with Crippen LogP contribution in [0.4, 0.5) is 4.39 Å². The van der Waals surface area contributed by atoms with Gasteiger partial charge in [0.05, 0.1) is 12.6 Å². The van der Waals surface area contributed by atoms with Crippen LogP contribution in [0.25, 0.3) is 0 Å². The topological polar surface area (TPSA) is 34.4 Å². The van der Waals surface area contributed by atoms with Crippen molar-refractivity contribution in [3.8, 4) is 5.75 Å². The second kappa shape index (κ2) is 4.70. The van der Waals surface area contributed by atoms with Crippen LogP contribution in [0.5, 0.6) is 5.75 Å². The number of rotatable bonds is 3. The van der Waals surface area contributed by atoms with Crippen molar-refractivity contribution in [3.05, 3.63) is 53.6 Å². The van der Waals surface area contributed by atoms with Crippen LogP contribution in [0.15, 0.2) is 36.5 Å². The number of halogens is 1. The van der Waals surface area contributed by atoms with Gasteiger partial charge in [-0.1, -0.05) is 0 Å². The molecule has 2 atom stereocenters. The molecule has 0 fully saturated rings. The van der Waals surface area contributed by atoms with E-state index in [0.717, 1.165) is 17.0 Å². The SMILES string of the molecule is CC(O)c1cccn1CC1Cc2cc(F)ccc2O1. The van der Waals surface area contributed by atoms with Crippen molar-refractivity contribution in [2.75, 3.05) is 0 Å². The molecule has 1 aliphatic heterocycles. The molecule has 0 bridgehead atoms. The first-order valence-corrected chi connectivity index (χ1v) is 6.41. The van der Waals surface area contributed by atoms with Crippen molar-refractivity contribution in [3.63, 3.8) is 0 Å². The largest absolute Gasteiger partial charge is 0.488 e. The van der Waals surface area contributed by atoms with Crippen molar-refractivity contribution in [1.82, 2.24) is 4.57 Å². The number of fused-ring (bicyclic) bond motifs is 1. The van der Waals surface area contributed by atoms with Crippen LogP contribution in [0.2, 0.25) is 0 Å². The van der Waals surface area contributed by atoms with Crippen LogP contribution in [0, 0.1) is 5.82 Å². The molecule has 4 heteroatoms. The first-order chi connectivity index (χ1) is 9.13. The number of aromatic nitrogens is 1. The van der Waals surface area contributed by atoms with E-state index in [0.29, 0.717) is 13.0 Å². The Morgan fingerprint density at radius 3 is 3.11 bits per heavy atom. The van der Waals surface area contributed by atoms with E-state index in [1.165, 1.54) is 12.1 Å². The van der Waals surface area contributed by atoms with Gasteiger partial charge in [-0.3, -0.25) is 0 Å². The quantitative estimate of drug-likeness (QED) is 0.921. The van der Waals surface area contributed by atoms with Gasteiger partial charge in [-0.2, -0.15) is 0 Å². The fraction of sp³-hybridized carbons (Fsp3) is 0.333. The predicted molar refractivity (Wildman–Crippen MR) is 69.6 cm³/mol. The number of benzene rings is 1. The summed E-state index contributed by atoms with van der Waals surface area (Å²) in [5, 5.41) is 9.67. The van der Waals surface area contributed by atoms with E-state index in [4.69, 9.17) is 4.74 Å². The molecule has 2 unspecified atom stereocenters. The lowest BCUT2D eigenvalue weighted by molar-refractivity contribution is 0.174. The zero-order valence-corrected chi connectivity index (χ0v) is 10.7. The lowest BCUT2D eigenvalue weighted by Gasteiger charge is -2.16. The van der Waals surface area contributed by atoms with E-state index in [1.54, 1.807) is 13.0 Å². The second-order valence-corrected chi connectivity index (χ2v) is 4.96. The van der Waals surface area contributed by atoms with E-state index in [1.807, 2.05) is 22.9 Å². The van der Waals surface area contributed by atoms with Crippen LogP contribution in [-0.2, 0) is 13.0 Å².